The number of hydrogen-bond donors (Lipinski definition) is 2. The Hall–Kier alpha value is -5.03. The third-order valence-corrected chi connectivity index (χ3v) is 7.13. The van der Waals surface area contributed by atoms with Crippen molar-refractivity contribution < 1.29 is 19.1 Å². The SMILES string of the molecule is COC(=O)Nc1cccc2c1CCN(C(=O)[C@H](Cc1ccccc1)NC(=O)C=Cc1cc(Cl)ccc1-n1cnnn1)C2. The molecule has 0 fully saturated rings. The normalized spacial score (nSPS) is 13.3. The van der Waals surface area contributed by atoms with E-state index in [1.165, 1.54) is 24.2 Å². The molecule has 0 saturated heterocycles. The zero-order valence-corrected chi connectivity index (χ0v) is 23.5. The zero-order valence-electron chi connectivity index (χ0n) is 22.7. The second kappa shape index (κ2) is 13.1. The van der Waals surface area contributed by atoms with Crippen molar-refractivity contribution in [3.05, 3.63) is 106 Å². The first-order chi connectivity index (χ1) is 20.4. The number of methoxy groups -OCH3 is 1. The van der Waals surface area contributed by atoms with Gasteiger partial charge in [-0.3, -0.25) is 14.9 Å². The number of carbonyl (C=O) groups is 3. The average molecular weight is 586 g/mol. The minimum Gasteiger partial charge on any atom is -0.453 e. The molecule has 0 spiro atoms. The minimum absolute atomic E-state index is 0.199. The van der Waals surface area contributed by atoms with Crippen molar-refractivity contribution in [2.75, 3.05) is 19.0 Å². The van der Waals surface area contributed by atoms with Crippen LogP contribution in [0.15, 0.2) is 79.1 Å². The molecule has 1 atom stereocenters. The van der Waals surface area contributed by atoms with Gasteiger partial charge in [0.05, 0.1) is 12.8 Å². The van der Waals surface area contributed by atoms with Crippen LogP contribution in [0.4, 0.5) is 10.5 Å². The molecule has 0 aliphatic carbocycles. The number of ether oxygens (including phenoxy) is 1. The Bertz CT molecular complexity index is 1610. The summed E-state index contributed by atoms with van der Waals surface area (Å²) in [5.41, 5.74) is 4.71. The van der Waals surface area contributed by atoms with Gasteiger partial charge in [-0.15, -0.1) is 5.10 Å². The lowest BCUT2D eigenvalue weighted by atomic mass is 9.96. The fourth-order valence-corrected chi connectivity index (χ4v) is 5.05. The van der Waals surface area contributed by atoms with Gasteiger partial charge in [0.25, 0.3) is 0 Å². The second-order valence-corrected chi connectivity index (χ2v) is 10.0. The number of nitrogens with one attached hydrogen (secondary N) is 2. The van der Waals surface area contributed by atoms with Gasteiger partial charge in [-0.1, -0.05) is 54.1 Å². The van der Waals surface area contributed by atoms with Crippen molar-refractivity contribution in [2.45, 2.75) is 25.4 Å². The van der Waals surface area contributed by atoms with E-state index >= 15 is 0 Å². The summed E-state index contributed by atoms with van der Waals surface area (Å²) in [6.07, 6.45) is 4.72. The van der Waals surface area contributed by atoms with E-state index in [0.717, 1.165) is 16.7 Å². The highest BCUT2D eigenvalue weighted by atomic mass is 35.5. The molecular formula is C30H28ClN7O4. The Kier molecular flexibility index (Phi) is 8.88. The lowest BCUT2D eigenvalue weighted by Gasteiger charge is -2.33. The molecule has 11 nitrogen and oxygen atoms in total. The number of anilines is 1. The Balaban J connectivity index is 1.34. The Morgan fingerprint density at radius 2 is 1.93 bits per heavy atom. The van der Waals surface area contributed by atoms with Crippen LogP contribution >= 0.6 is 11.6 Å². The van der Waals surface area contributed by atoms with Crippen LogP contribution in [0.1, 0.15) is 22.3 Å². The van der Waals surface area contributed by atoms with E-state index in [1.807, 2.05) is 48.5 Å². The Morgan fingerprint density at radius 3 is 2.69 bits per heavy atom. The first-order valence-corrected chi connectivity index (χ1v) is 13.6. The predicted molar refractivity (Wildman–Crippen MR) is 157 cm³/mol. The summed E-state index contributed by atoms with van der Waals surface area (Å²) in [6.45, 7) is 0.778. The van der Waals surface area contributed by atoms with E-state index in [9.17, 15) is 14.4 Å². The van der Waals surface area contributed by atoms with Crippen LogP contribution in [0.3, 0.4) is 0 Å². The Labute approximate surface area is 247 Å². The summed E-state index contributed by atoms with van der Waals surface area (Å²) in [6, 6.07) is 19.4. The number of benzene rings is 3. The van der Waals surface area contributed by atoms with Crippen LogP contribution in [0.5, 0.6) is 0 Å². The van der Waals surface area contributed by atoms with Gasteiger partial charge in [0.15, 0.2) is 0 Å². The molecule has 3 aromatic carbocycles. The molecule has 214 valence electrons. The predicted octanol–water partition coefficient (Wildman–Crippen LogP) is 3.82. The van der Waals surface area contributed by atoms with Crippen LogP contribution in [0.2, 0.25) is 5.02 Å². The van der Waals surface area contributed by atoms with Crippen LogP contribution in [-0.2, 0) is 33.7 Å². The van der Waals surface area contributed by atoms with Crippen LogP contribution < -0.4 is 10.6 Å². The summed E-state index contributed by atoms with van der Waals surface area (Å²) in [4.78, 5) is 40.5. The molecule has 12 heteroatoms. The van der Waals surface area contributed by atoms with E-state index in [0.29, 0.717) is 47.9 Å². The number of fused-ring (bicyclic) bond motifs is 1. The van der Waals surface area contributed by atoms with E-state index in [1.54, 1.807) is 29.2 Å². The van der Waals surface area contributed by atoms with E-state index in [-0.39, 0.29) is 5.91 Å². The molecule has 5 rings (SSSR count). The number of hydrogen-bond acceptors (Lipinski definition) is 7. The topological polar surface area (TPSA) is 131 Å². The van der Waals surface area contributed by atoms with Gasteiger partial charge in [0, 0.05) is 41.9 Å². The average Bonchev–Trinajstić information content (AvgIpc) is 3.54. The molecule has 3 amide bonds. The quantitative estimate of drug-likeness (QED) is 0.301. The first kappa shape index (κ1) is 28.5. The number of carbonyl (C=O) groups excluding carboxylic acids is 3. The lowest BCUT2D eigenvalue weighted by molar-refractivity contribution is -0.136. The molecule has 2 heterocycles. The molecule has 1 aliphatic rings. The van der Waals surface area contributed by atoms with Crippen molar-refractivity contribution >= 4 is 41.3 Å². The smallest absolute Gasteiger partial charge is 0.411 e. The lowest BCUT2D eigenvalue weighted by Crippen LogP contribution is -2.50. The third-order valence-electron chi connectivity index (χ3n) is 6.90. The van der Waals surface area contributed by atoms with E-state index in [4.69, 9.17) is 16.3 Å². The van der Waals surface area contributed by atoms with Gasteiger partial charge in [0.1, 0.15) is 12.4 Å². The maximum atomic E-state index is 13.8. The molecule has 0 radical (unpaired) electrons. The van der Waals surface area contributed by atoms with Crippen LogP contribution in [0, 0.1) is 0 Å². The van der Waals surface area contributed by atoms with Crippen molar-refractivity contribution in [3.63, 3.8) is 0 Å². The number of tetrazole rings is 1. The number of halogens is 1. The van der Waals surface area contributed by atoms with E-state index < -0.39 is 18.0 Å². The molecular weight excluding hydrogens is 558 g/mol. The number of aromatic nitrogens is 4. The van der Waals surface area contributed by atoms with Crippen molar-refractivity contribution in [2.24, 2.45) is 0 Å². The minimum atomic E-state index is -0.805. The monoisotopic (exact) mass is 585 g/mol. The summed E-state index contributed by atoms with van der Waals surface area (Å²) in [7, 11) is 1.31. The third kappa shape index (κ3) is 6.81. The van der Waals surface area contributed by atoms with Gasteiger partial charge < -0.3 is 15.0 Å². The fourth-order valence-electron chi connectivity index (χ4n) is 4.87. The van der Waals surface area contributed by atoms with Crippen molar-refractivity contribution in [1.29, 1.82) is 0 Å². The van der Waals surface area contributed by atoms with Gasteiger partial charge >= 0.3 is 6.09 Å². The highest BCUT2D eigenvalue weighted by molar-refractivity contribution is 6.30. The van der Waals surface area contributed by atoms with Gasteiger partial charge in [0.2, 0.25) is 11.8 Å². The van der Waals surface area contributed by atoms with Crippen molar-refractivity contribution in [1.82, 2.24) is 30.4 Å². The standard InChI is InChI=1S/C30H28ClN7O4/c1-42-30(41)34-25-9-5-8-22-18-37(15-14-24(22)25)29(40)26(16-20-6-3-2-4-7-20)33-28(39)13-10-21-17-23(31)11-12-27(21)38-19-32-35-36-38/h2-13,17,19,26H,14-16,18H2,1H3,(H,33,39)(H,34,41)/t26-/m0/s1. The summed E-state index contributed by atoms with van der Waals surface area (Å²) >= 11 is 6.20. The molecule has 0 saturated carbocycles. The molecule has 1 aromatic heterocycles. The highest BCUT2D eigenvalue weighted by Gasteiger charge is 2.29. The number of amides is 3. The van der Waals surface area contributed by atoms with Crippen LogP contribution in [-0.4, -0.2) is 62.7 Å². The molecule has 0 bridgehead atoms. The largest absolute Gasteiger partial charge is 0.453 e. The number of rotatable bonds is 8. The molecule has 0 unspecified atom stereocenters. The Morgan fingerprint density at radius 1 is 1.10 bits per heavy atom. The fraction of sp³-hybridized carbons (Fsp3) is 0.200. The summed E-state index contributed by atoms with van der Waals surface area (Å²) in [5, 5.41) is 17.4. The maximum Gasteiger partial charge on any atom is 0.411 e. The number of nitrogens with zero attached hydrogens (tertiary/aromatic N) is 5. The van der Waals surface area contributed by atoms with E-state index in [2.05, 4.69) is 26.2 Å². The zero-order chi connectivity index (χ0) is 29.5. The first-order valence-electron chi connectivity index (χ1n) is 13.2. The molecule has 4 aromatic rings. The highest BCUT2D eigenvalue weighted by Crippen LogP contribution is 2.27. The summed E-state index contributed by atoms with van der Waals surface area (Å²) in [5.74, 6) is -0.636. The second-order valence-electron chi connectivity index (χ2n) is 9.61. The molecule has 42 heavy (non-hydrogen) atoms. The summed E-state index contributed by atoms with van der Waals surface area (Å²) < 4.78 is 6.20. The molecule has 1 aliphatic heterocycles. The molecule has 2 N–H and O–H groups in total. The van der Waals surface area contributed by atoms with Gasteiger partial charge in [-0.25, -0.2) is 4.79 Å². The van der Waals surface area contributed by atoms with Crippen LogP contribution in [0.25, 0.3) is 11.8 Å². The van der Waals surface area contributed by atoms with Gasteiger partial charge in [-0.05, 0) is 63.9 Å². The maximum absolute atomic E-state index is 13.8. The van der Waals surface area contributed by atoms with Gasteiger partial charge in [-0.2, -0.15) is 4.68 Å². The van der Waals surface area contributed by atoms with Crippen molar-refractivity contribution in [3.8, 4) is 5.69 Å².